The quantitative estimate of drug-likeness (QED) is 0.722. The van der Waals surface area contributed by atoms with Crippen LogP contribution in [-0.4, -0.2) is 48.8 Å². The van der Waals surface area contributed by atoms with Crippen molar-refractivity contribution in [1.29, 1.82) is 0 Å². The Bertz CT molecular complexity index is 594. The number of amides is 2. The molecule has 6 nitrogen and oxygen atoms in total. The predicted octanol–water partition coefficient (Wildman–Crippen LogP) is 2.90. The third-order valence-corrected chi connectivity index (χ3v) is 4.70. The van der Waals surface area contributed by atoms with E-state index in [4.69, 9.17) is 9.84 Å². The number of ether oxygens (including phenoxy) is 1. The van der Waals surface area contributed by atoms with Crippen LogP contribution in [0.5, 0.6) is 5.75 Å². The molecule has 1 heterocycles. The van der Waals surface area contributed by atoms with Crippen molar-refractivity contribution in [3.05, 3.63) is 28.2 Å². The maximum absolute atomic E-state index is 12.1. The standard InChI is InChI=1S/C17H23BrN2O4/c1-24-15-10-14(18)7-6-12(15)4-2-8-19-17(23)20-9-3-5-13(11-20)16(21)22/h6-7,10,13H,2-5,8-9,11H2,1H3,(H,19,23)(H,21,22). The zero-order valence-corrected chi connectivity index (χ0v) is 15.3. The van der Waals surface area contributed by atoms with Crippen LogP contribution < -0.4 is 10.1 Å². The molecule has 0 spiro atoms. The Morgan fingerprint density at radius 1 is 1.46 bits per heavy atom. The lowest BCUT2D eigenvalue weighted by molar-refractivity contribution is -0.143. The number of aryl methyl sites for hydroxylation is 1. The summed E-state index contributed by atoms with van der Waals surface area (Å²) in [6.07, 6.45) is 2.97. The Hall–Kier alpha value is -1.76. The highest BCUT2D eigenvalue weighted by Gasteiger charge is 2.27. The van der Waals surface area contributed by atoms with Crippen molar-refractivity contribution in [2.45, 2.75) is 25.7 Å². The number of hydrogen-bond donors (Lipinski definition) is 2. The van der Waals surface area contributed by atoms with Crippen molar-refractivity contribution >= 4 is 27.9 Å². The van der Waals surface area contributed by atoms with Crippen molar-refractivity contribution in [2.24, 2.45) is 5.92 Å². The molecule has 1 aromatic rings. The molecule has 2 amide bonds. The molecule has 0 aromatic heterocycles. The molecule has 0 radical (unpaired) electrons. The van der Waals surface area contributed by atoms with E-state index >= 15 is 0 Å². The summed E-state index contributed by atoms with van der Waals surface area (Å²) in [5, 5.41) is 11.9. The Balaban J connectivity index is 1.76. The lowest BCUT2D eigenvalue weighted by atomic mass is 9.99. The van der Waals surface area contributed by atoms with Gasteiger partial charge in [-0.1, -0.05) is 22.0 Å². The number of likely N-dealkylation sites (tertiary alicyclic amines) is 1. The van der Waals surface area contributed by atoms with Crippen LogP contribution in [-0.2, 0) is 11.2 Å². The SMILES string of the molecule is COc1cc(Br)ccc1CCCNC(=O)N1CCCC(C(=O)O)C1. The number of methoxy groups -OCH3 is 1. The van der Waals surface area contributed by atoms with Crippen LogP contribution in [0.2, 0.25) is 0 Å². The maximum Gasteiger partial charge on any atom is 0.317 e. The number of hydrogen-bond acceptors (Lipinski definition) is 3. The van der Waals surface area contributed by atoms with E-state index in [1.807, 2.05) is 18.2 Å². The van der Waals surface area contributed by atoms with Crippen LogP contribution in [0.15, 0.2) is 22.7 Å². The van der Waals surface area contributed by atoms with Gasteiger partial charge in [0.2, 0.25) is 0 Å². The summed E-state index contributed by atoms with van der Waals surface area (Å²) in [6, 6.07) is 5.72. The molecule has 1 fully saturated rings. The van der Waals surface area contributed by atoms with E-state index in [9.17, 15) is 9.59 Å². The number of carboxylic acids is 1. The lowest BCUT2D eigenvalue weighted by Crippen LogP contribution is -2.47. The number of rotatable bonds is 6. The van der Waals surface area contributed by atoms with Gasteiger partial charge < -0.3 is 20.1 Å². The minimum Gasteiger partial charge on any atom is -0.496 e. The fourth-order valence-electron chi connectivity index (χ4n) is 2.87. The molecule has 0 bridgehead atoms. The number of nitrogens with zero attached hydrogens (tertiary/aromatic N) is 1. The number of urea groups is 1. The number of carbonyl (C=O) groups excluding carboxylic acids is 1. The van der Waals surface area contributed by atoms with Crippen LogP contribution in [0.4, 0.5) is 4.79 Å². The summed E-state index contributed by atoms with van der Waals surface area (Å²) >= 11 is 3.41. The van der Waals surface area contributed by atoms with Crippen LogP contribution in [0, 0.1) is 5.92 Å². The van der Waals surface area contributed by atoms with Crippen LogP contribution in [0.3, 0.4) is 0 Å². The molecule has 0 saturated carbocycles. The van der Waals surface area contributed by atoms with E-state index in [0.717, 1.165) is 35.0 Å². The minimum absolute atomic E-state index is 0.177. The maximum atomic E-state index is 12.1. The summed E-state index contributed by atoms with van der Waals surface area (Å²) in [7, 11) is 1.64. The van der Waals surface area contributed by atoms with E-state index in [1.54, 1.807) is 12.0 Å². The molecule has 132 valence electrons. The summed E-state index contributed by atoms with van der Waals surface area (Å²) in [5.74, 6) is -0.442. The molecule has 1 unspecified atom stereocenters. The Morgan fingerprint density at radius 3 is 2.96 bits per heavy atom. The monoisotopic (exact) mass is 398 g/mol. The van der Waals surface area contributed by atoms with E-state index in [1.165, 1.54) is 0 Å². The van der Waals surface area contributed by atoms with Gasteiger partial charge in [0.15, 0.2) is 0 Å². The van der Waals surface area contributed by atoms with E-state index < -0.39 is 11.9 Å². The van der Waals surface area contributed by atoms with Gasteiger partial charge in [-0.15, -0.1) is 0 Å². The molecule has 2 N–H and O–H groups in total. The number of carboxylic acid groups (broad SMARTS) is 1. The first-order valence-corrected chi connectivity index (χ1v) is 8.88. The van der Waals surface area contributed by atoms with Gasteiger partial charge in [0, 0.05) is 24.1 Å². The highest BCUT2D eigenvalue weighted by molar-refractivity contribution is 9.10. The highest BCUT2D eigenvalue weighted by Crippen LogP contribution is 2.24. The molecule has 1 saturated heterocycles. The zero-order valence-electron chi connectivity index (χ0n) is 13.8. The number of nitrogens with one attached hydrogen (secondary N) is 1. The fraction of sp³-hybridized carbons (Fsp3) is 0.529. The number of aliphatic carboxylic acids is 1. The van der Waals surface area contributed by atoms with Crippen molar-refractivity contribution < 1.29 is 19.4 Å². The van der Waals surface area contributed by atoms with Gasteiger partial charge in [-0.2, -0.15) is 0 Å². The van der Waals surface area contributed by atoms with Gasteiger partial charge in [0.1, 0.15) is 5.75 Å². The van der Waals surface area contributed by atoms with Gasteiger partial charge in [0.05, 0.1) is 13.0 Å². The molecular weight excluding hydrogens is 376 g/mol. The topological polar surface area (TPSA) is 78.9 Å². The normalized spacial score (nSPS) is 17.4. The third-order valence-electron chi connectivity index (χ3n) is 4.21. The minimum atomic E-state index is -0.824. The number of carbonyl (C=O) groups is 2. The van der Waals surface area contributed by atoms with Gasteiger partial charge in [-0.25, -0.2) is 4.79 Å². The first-order chi connectivity index (χ1) is 11.5. The molecule has 24 heavy (non-hydrogen) atoms. The first-order valence-electron chi connectivity index (χ1n) is 8.09. The number of piperidine rings is 1. The second kappa shape index (κ2) is 8.92. The van der Waals surface area contributed by atoms with Crippen molar-refractivity contribution in [1.82, 2.24) is 10.2 Å². The number of benzene rings is 1. The summed E-state index contributed by atoms with van der Waals surface area (Å²) < 4.78 is 6.32. The smallest absolute Gasteiger partial charge is 0.317 e. The average Bonchev–Trinajstić information content (AvgIpc) is 2.59. The summed E-state index contributed by atoms with van der Waals surface area (Å²) in [4.78, 5) is 24.8. The Morgan fingerprint density at radius 2 is 2.25 bits per heavy atom. The van der Waals surface area contributed by atoms with Gasteiger partial charge in [-0.05, 0) is 43.4 Å². The second-order valence-electron chi connectivity index (χ2n) is 5.92. The van der Waals surface area contributed by atoms with Crippen molar-refractivity contribution in [3.8, 4) is 5.75 Å². The zero-order chi connectivity index (χ0) is 17.5. The van der Waals surface area contributed by atoms with E-state index in [-0.39, 0.29) is 6.03 Å². The molecule has 0 aliphatic carbocycles. The Kier molecular flexibility index (Phi) is 6.90. The van der Waals surface area contributed by atoms with E-state index in [0.29, 0.717) is 26.1 Å². The predicted molar refractivity (Wildman–Crippen MR) is 94.3 cm³/mol. The molecular formula is C17H23BrN2O4. The van der Waals surface area contributed by atoms with Gasteiger partial charge in [-0.3, -0.25) is 4.79 Å². The number of halogens is 1. The van der Waals surface area contributed by atoms with Crippen molar-refractivity contribution in [3.63, 3.8) is 0 Å². The summed E-state index contributed by atoms with van der Waals surface area (Å²) in [6.45, 7) is 1.46. The van der Waals surface area contributed by atoms with Crippen LogP contribution in [0.1, 0.15) is 24.8 Å². The first kappa shape index (κ1) is 18.6. The lowest BCUT2D eigenvalue weighted by Gasteiger charge is -2.30. The molecule has 1 atom stereocenters. The largest absolute Gasteiger partial charge is 0.496 e. The third kappa shape index (κ3) is 5.12. The highest BCUT2D eigenvalue weighted by atomic mass is 79.9. The van der Waals surface area contributed by atoms with Crippen molar-refractivity contribution in [2.75, 3.05) is 26.7 Å². The average molecular weight is 399 g/mol. The molecule has 7 heteroatoms. The fourth-order valence-corrected chi connectivity index (χ4v) is 3.21. The van der Waals surface area contributed by atoms with Crippen LogP contribution >= 0.6 is 15.9 Å². The van der Waals surface area contributed by atoms with Gasteiger partial charge >= 0.3 is 12.0 Å². The Labute approximate surface area is 150 Å². The van der Waals surface area contributed by atoms with E-state index in [2.05, 4.69) is 21.2 Å². The molecule has 1 aliphatic heterocycles. The summed E-state index contributed by atoms with van der Waals surface area (Å²) in [5.41, 5.74) is 1.10. The molecule has 1 aromatic carbocycles. The molecule has 2 rings (SSSR count). The molecule has 1 aliphatic rings. The van der Waals surface area contributed by atoms with Crippen LogP contribution in [0.25, 0.3) is 0 Å². The van der Waals surface area contributed by atoms with Gasteiger partial charge in [0.25, 0.3) is 0 Å². The second-order valence-corrected chi connectivity index (χ2v) is 6.83.